The van der Waals surface area contributed by atoms with Gasteiger partial charge in [-0.1, -0.05) is 12.1 Å². The summed E-state index contributed by atoms with van der Waals surface area (Å²) in [5.74, 6) is 0.625. The Labute approximate surface area is 93.7 Å². The third kappa shape index (κ3) is 2.23. The number of hydrogen-bond acceptors (Lipinski definition) is 4. The van der Waals surface area contributed by atoms with E-state index in [2.05, 4.69) is 4.98 Å². The fourth-order valence-corrected chi connectivity index (χ4v) is 1.48. The molecule has 1 aromatic carbocycles. The molecule has 4 nitrogen and oxygen atoms in total. The van der Waals surface area contributed by atoms with Crippen LogP contribution >= 0.6 is 0 Å². The van der Waals surface area contributed by atoms with Gasteiger partial charge >= 0.3 is 0 Å². The van der Waals surface area contributed by atoms with E-state index in [4.69, 9.17) is 10.2 Å². The van der Waals surface area contributed by atoms with Crippen molar-refractivity contribution in [2.75, 3.05) is 6.54 Å². The van der Waals surface area contributed by atoms with Gasteiger partial charge in [-0.3, -0.25) is 0 Å². The molecular formula is C12H14N2O2. The van der Waals surface area contributed by atoms with Gasteiger partial charge in [0.25, 0.3) is 0 Å². The van der Waals surface area contributed by atoms with E-state index in [-0.39, 0.29) is 5.75 Å². The molecule has 0 amide bonds. The van der Waals surface area contributed by atoms with Gasteiger partial charge in [0.15, 0.2) is 0 Å². The van der Waals surface area contributed by atoms with Crippen LogP contribution in [0.3, 0.4) is 0 Å². The zero-order chi connectivity index (χ0) is 11.4. The average Bonchev–Trinajstić information content (AvgIpc) is 2.75. The Bertz CT molecular complexity index is 466. The van der Waals surface area contributed by atoms with Crippen LogP contribution in [0.4, 0.5) is 0 Å². The first-order valence-electron chi connectivity index (χ1n) is 5.24. The zero-order valence-electron chi connectivity index (χ0n) is 8.89. The van der Waals surface area contributed by atoms with Gasteiger partial charge in [-0.25, -0.2) is 4.98 Å². The number of aromatic nitrogens is 1. The minimum Gasteiger partial charge on any atom is -0.507 e. The monoisotopic (exact) mass is 218 g/mol. The zero-order valence-corrected chi connectivity index (χ0v) is 8.89. The number of phenols is 1. The van der Waals surface area contributed by atoms with E-state index < -0.39 is 0 Å². The van der Waals surface area contributed by atoms with Crippen LogP contribution in [0, 0.1) is 0 Å². The second-order valence-corrected chi connectivity index (χ2v) is 3.55. The first kappa shape index (κ1) is 10.7. The summed E-state index contributed by atoms with van der Waals surface area (Å²) in [5, 5.41) is 9.63. The molecule has 0 aliphatic carbocycles. The maximum Gasteiger partial charge on any atom is 0.229 e. The number of phenolic OH excluding ortho intramolecular Hbond substituents is 1. The highest BCUT2D eigenvalue weighted by Crippen LogP contribution is 2.27. The Morgan fingerprint density at radius 3 is 2.88 bits per heavy atom. The summed E-state index contributed by atoms with van der Waals surface area (Å²) in [5.41, 5.74) is 6.90. The van der Waals surface area contributed by atoms with Crippen LogP contribution in [-0.2, 0) is 6.42 Å². The first-order chi connectivity index (χ1) is 7.81. The number of nitrogens with zero attached hydrogens (tertiary/aromatic N) is 1. The number of rotatable bonds is 4. The van der Waals surface area contributed by atoms with Gasteiger partial charge in [0, 0.05) is 0 Å². The smallest absolute Gasteiger partial charge is 0.229 e. The number of benzene rings is 1. The highest BCUT2D eigenvalue weighted by atomic mass is 16.3. The van der Waals surface area contributed by atoms with Crippen LogP contribution in [0.25, 0.3) is 11.5 Å². The second kappa shape index (κ2) is 4.81. The molecule has 0 unspecified atom stereocenters. The number of nitrogens with two attached hydrogens (primary N) is 1. The maximum absolute atomic E-state index is 9.63. The van der Waals surface area contributed by atoms with Crippen LogP contribution in [-0.4, -0.2) is 16.6 Å². The van der Waals surface area contributed by atoms with E-state index in [0.717, 1.165) is 18.5 Å². The van der Waals surface area contributed by atoms with Crippen molar-refractivity contribution in [3.8, 4) is 17.2 Å². The molecule has 84 valence electrons. The molecule has 16 heavy (non-hydrogen) atoms. The Balaban J connectivity index is 2.22. The Morgan fingerprint density at radius 2 is 2.12 bits per heavy atom. The molecule has 0 aliphatic heterocycles. The third-order valence-electron chi connectivity index (χ3n) is 2.32. The molecule has 0 bridgehead atoms. The molecule has 3 N–H and O–H groups in total. The quantitative estimate of drug-likeness (QED) is 0.822. The van der Waals surface area contributed by atoms with Crippen molar-refractivity contribution in [1.29, 1.82) is 0 Å². The van der Waals surface area contributed by atoms with Crippen LogP contribution in [0.2, 0.25) is 0 Å². The van der Waals surface area contributed by atoms with E-state index in [1.807, 2.05) is 6.07 Å². The number of para-hydroxylation sites is 1. The molecule has 0 fully saturated rings. The van der Waals surface area contributed by atoms with Gasteiger partial charge in [-0.15, -0.1) is 0 Å². The standard InChI is InChI=1S/C12H14N2O2/c13-7-3-4-9-8-16-12(14-9)10-5-1-2-6-11(10)15/h1-2,5-6,8,15H,3-4,7,13H2. The Kier molecular flexibility index (Phi) is 3.22. The van der Waals surface area contributed by atoms with E-state index >= 15 is 0 Å². The van der Waals surface area contributed by atoms with Crippen molar-refractivity contribution in [1.82, 2.24) is 4.98 Å². The fraction of sp³-hybridized carbons (Fsp3) is 0.250. The molecule has 0 aliphatic rings. The molecule has 4 heteroatoms. The van der Waals surface area contributed by atoms with E-state index in [1.54, 1.807) is 24.5 Å². The summed E-state index contributed by atoms with van der Waals surface area (Å²) < 4.78 is 5.32. The summed E-state index contributed by atoms with van der Waals surface area (Å²) in [6, 6.07) is 6.98. The maximum atomic E-state index is 9.63. The molecule has 0 spiro atoms. The van der Waals surface area contributed by atoms with Gasteiger partial charge < -0.3 is 15.3 Å². The van der Waals surface area contributed by atoms with E-state index in [9.17, 15) is 5.11 Å². The van der Waals surface area contributed by atoms with Crippen molar-refractivity contribution in [3.05, 3.63) is 36.2 Å². The molecule has 0 radical (unpaired) electrons. The molecule has 2 rings (SSSR count). The second-order valence-electron chi connectivity index (χ2n) is 3.55. The van der Waals surface area contributed by atoms with Crippen LogP contribution in [0.15, 0.2) is 34.9 Å². The SMILES string of the molecule is NCCCc1coc(-c2ccccc2O)n1. The molecule has 0 saturated carbocycles. The van der Waals surface area contributed by atoms with Crippen molar-refractivity contribution >= 4 is 0 Å². The van der Waals surface area contributed by atoms with E-state index in [0.29, 0.717) is 18.0 Å². The van der Waals surface area contributed by atoms with Gasteiger partial charge in [0.1, 0.15) is 12.0 Å². The highest BCUT2D eigenvalue weighted by Gasteiger charge is 2.09. The van der Waals surface area contributed by atoms with Crippen LogP contribution in [0.1, 0.15) is 12.1 Å². The molecule has 0 saturated heterocycles. The van der Waals surface area contributed by atoms with Crippen LogP contribution in [0.5, 0.6) is 5.75 Å². The number of oxazole rings is 1. The summed E-state index contributed by atoms with van der Waals surface area (Å²) in [6.07, 6.45) is 3.29. The van der Waals surface area contributed by atoms with Crippen molar-refractivity contribution in [2.24, 2.45) is 5.73 Å². The largest absolute Gasteiger partial charge is 0.507 e. The molecule has 1 aromatic heterocycles. The summed E-state index contributed by atoms with van der Waals surface area (Å²) in [4.78, 5) is 4.30. The predicted molar refractivity (Wildman–Crippen MR) is 61.0 cm³/mol. The van der Waals surface area contributed by atoms with Gasteiger partial charge in [-0.05, 0) is 31.5 Å². The van der Waals surface area contributed by atoms with Gasteiger partial charge in [-0.2, -0.15) is 0 Å². The lowest BCUT2D eigenvalue weighted by atomic mass is 10.2. The molecule has 2 aromatic rings. The van der Waals surface area contributed by atoms with Crippen molar-refractivity contribution in [3.63, 3.8) is 0 Å². The summed E-state index contributed by atoms with van der Waals surface area (Å²) in [7, 11) is 0. The number of hydrogen-bond donors (Lipinski definition) is 2. The van der Waals surface area contributed by atoms with Crippen molar-refractivity contribution < 1.29 is 9.52 Å². The lowest BCUT2D eigenvalue weighted by Crippen LogP contribution is -2.00. The van der Waals surface area contributed by atoms with Crippen LogP contribution < -0.4 is 5.73 Å². The highest BCUT2D eigenvalue weighted by molar-refractivity contribution is 5.61. The first-order valence-corrected chi connectivity index (χ1v) is 5.24. The van der Waals surface area contributed by atoms with E-state index in [1.165, 1.54) is 0 Å². The number of aromatic hydroxyl groups is 1. The lowest BCUT2D eigenvalue weighted by Gasteiger charge is -1.97. The summed E-state index contributed by atoms with van der Waals surface area (Å²) in [6.45, 7) is 0.638. The minimum atomic E-state index is 0.176. The Hall–Kier alpha value is -1.81. The third-order valence-corrected chi connectivity index (χ3v) is 2.32. The fourth-order valence-electron chi connectivity index (χ4n) is 1.48. The molecule has 0 atom stereocenters. The minimum absolute atomic E-state index is 0.176. The topological polar surface area (TPSA) is 72.3 Å². The average molecular weight is 218 g/mol. The molecular weight excluding hydrogens is 204 g/mol. The van der Waals surface area contributed by atoms with Gasteiger partial charge in [0.2, 0.25) is 5.89 Å². The number of aryl methyl sites for hydroxylation is 1. The molecule has 1 heterocycles. The van der Waals surface area contributed by atoms with Gasteiger partial charge in [0.05, 0.1) is 11.3 Å². The predicted octanol–water partition coefficient (Wildman–Crippen LogP) is 1.94. The summed E-state index contributed by atoms with van der Waals surface area (Å²) >= 11 is 0. The normalized spacial score (nSPS) is 10.6. The van der Waals surface area contributed by atoms with Crippen molar-refractivity contribution in [2.45, 2.75) is 12.8 Å². The lowest BCUT2D eigenvalue weighted by molar-refractivity contribution is 0.473. The Morgan fingerprint density at radius 1 is 1.31 bits per heavy atom.